The van der Waals surface area contributed by atoms with Crippen molar-refractivity contribution in [3.8, 4) is 0 Å². The van der Waals surface area contributed by atoms with Gasteiger partial charge < -0.3 is 4.90 Å². The predicted molar refractivity (Wildman–Crippen MR) is 73.2 cm³/mol. The van der Waals surface area contributed by atoms with Gasteiger partial charge in [0.2, 0.25) is 5.91 Å². The maximum Gasteiger partial charge on any atom is 0.244 e. The van der Waals surface area contributed by atoms with Crippen molar-refractivity contribution in [1.82, 2.24) is 10.2 Å². The van der Waals surface area contributed by atoms with Crippen LogP contribution in [-0.4, -0.2) is 22.9 Å². The average molecular weight is 274 g/mol. The van der Waals surface area contributed by atoms with Crippen LogP contribution in [0.15, 0.2) is 24.3 Å². The molecule has 1 N–H and O–H groups in total. The molecule has 0 radical (unpaired) electrons. The van der Waals surface area contributed by atoms with E-state index in [2.05, 4.69) is 12.2 Å². The van der Waals surface area contributed by atoms with E-state index >= 15 is 0 Å². The molecule has 1 amide bonds. The number of carbonyl (C=O) groups excluding carboxylic acids is 1. The molecule has 0 aromatic heterocycles. The first-order valence-electron chi connectivity index (χ1n) is 7.43. The second kappa shape index (κ2) is 4.04. The minimum atomic E-state index is -0.338. The molecular formula is C16H19FN2O. The summed E-state index contributed by atoms with van der Waals surface area (Å²) >= 11 is 0. The predicted octanol–water partition coefficient (Wildman–Crippen LogP) is 2.44. The van der Waals surface area contributed by atoms with Crippen LogP contribution < -0.4 is 5.32 Å². The van der Waals surface area contributed by atoms with Crippen LogP contribution in [0.3, 0.4) is 0 Å². The Kier molecular flexibility index (Phi) is 2.49. The number of halogens is 1. The smallest absolute Gasteiger partial charge is 0.244 e. The first kappa shape index (κ1) is 12.3. The Labute approximate surface area is 118 Å². The van der Waals surface area contributed by atoms with Gasteiger partial charge in [-0.25, -0.2) is 4.39 Å². The van der Waals surface area contributed by atoms with Gasteiger partial charge in [0.15, 0.2) is 0 Å². The highest BCUT2D eigenvalue weighted by molar-refractivity contribution is 5.92. The zero-order chi connectivity index (χ0) is 13.9. The van der Waals surface area contributed by atoms with E-state index in [1.54, 1.807) is 6.07 Å². The van der Waals surface area contributed by atoms with E-state index in [1.807, 2.05) is 11.0 Å². The lowest BCUT2D eigenvalue weighted by atomic mass is 10.1. The van der Waals surface area contributed by atoms with Crippen LogP contribution in [0.5, 0.6) is 0 Å². The Balaban J connectivity index is 1.63. The van der Waals surface area contributed by atoms with E-state index in [1.165, 1.54) is 18.6 Å². The fourth-order valence-electron chi connectivity index (χ4n) is 3.31. The van der Waals surface area contributed by atoms with E-state index in [0.29, 0.717) is 11.8 Å². The second-order valence-corrected chi connectivity index (χ2v) is 6.61. The number of nitrogens with one attached hydrogen (secondary N) is 1. The Morgan fingerprint density at radius 3 is 2.80 bits per heavy atom. The third kappa shape index (κ3) is 1.85. The molecule has 106 valence electrons. The Morgan fingerprint density at radius 1 is 1.45 bits per heavy atom. The SMILES string of the molecule is CC1CC1CN1C(=O)C2(CC2)NC1c1cccc(F)c1. The molecule has 2 saturated carbocycles. The van der Waals surface area contributed by atoms with E-state index in [0.717, 1.165) is 24.9 Å². The summed E-state index contributed by atoms with van der Waals surface area (Å²) in [5.74, 6) is 1.30. The Morgan fingerprint density at radius 2 is 2.20 bits per heavy atom. The normalized spacial score (nSPS) is 33.8. The summed E-state index contributed by atoms with van der Waals surface area (Å²) in [4.78, 5) is 14.5. The Bertz CT molecular complexity index is 569. The molecule has 3 atom stereocenters. The molecule has 1 saturated heterocycles. The molecule has 4 rings (SSSR count). The van der Waals surface area contributed by atoms with Gasteiger partial charge in [0.05, 0.1) is 0 Å². The van der Waals surface area contributed by atoms with Crippen LogP contribution in [0.25, 0.3) is 0 Å². The number of amides is 1. The van der Waals surface area contributed by atoms with Crippen LogP contribution >= 0.6 is 0 Å². The lowest BCUT2D eigenvalue weighted by molar-refractivity contribution is -0.131. The molecule has 3 nitrogen and oxygen atoms in total. The highest BCUT2D eigenvalue weighted by atomic mass is 19.1. The van der Waals surface area contributed by atoms with Gasteiger partial charge in [-0.2, -0.15) is 0 Å². The first-order chi connectivity index (χ1) is 9.59. The molecule has 1 spiro atoms. The van der Waals surface area contributed by atoms with Crippen molar-refractivity contribution in [2.24, 2.45) is 11.8 Å². The monoisotopic (exact) mass is 274 g/mol. The quantitative estimate of drug-likeness (QED) is 0.918. The van der Waals surface area contributed by atoms with Crippen molar-refractivity contribution in [2.75, 3.05) is 6.54 Å². The van der Waals surface area contributed by atoms with E-state index in [4.69, 9.17) is 0 Å². The third-order valence-corrected chi connectivity index (χ3v) is 5.02. The van der Waals surface area contributed by atoms with Crippen LogP contribution in [0.2, 0.25) is 0 Å². The van der Waals surface area contributed by atoms with E-state index < -0.39 is 0 Å². The summed E-state index contributed by atoms with van der Waals surface area (Å²) in [6, 6.07) is 6.60. The molecule has 1 aliphatic heterocycles. The summed E-state index contributed by atoms with van der Waals surface area (Å²) in [5, 5.41) is 3.44. The van der Waals surface area contributed by atoms with Crippen molar-refractivity contribution in [2.45, 2.75) is 37.9 Å². The minimum absolute atomic E-state index is 0.159. The maximum absolute atomic E-state index is 13.5. The van der Waals surface area contributed by atoms with Crippen molar-refractivity contribution in [3.63, 3.8) is 0 Å². The second-order valence-electron chi connectivity index (χ2n) is 6.61. The van der Waals surface area contributed by atoms with Crippen LogP contribution in [0.4, 0.5) is 4.39 Å². The third-order valence-electron chi connectivity index (χ3n) is 5.02. The zero-order valence-corrected chi connectivity index (χ0v) is 11.6. The molecular weight excluding hydrogens is 255 g/mol. The molecule has 3 aliphatic rings. The van der Waals surface area contributed by atoms with Gasteiger partial charge in [-0.15, -0.1) is 0 Å². The number of carbonyl (C=O) groups is 1. The van der Waals surface area contributed by atoms with Crippen molar-refractivity contribution in [3.05, 3.63) is 35.6 Å². The largest absolute Gasteiger partial charge is 0.321 e. The fraction of sp³-hybridized carbons (Fsp3) is 0.562. The first-order valence-corrected chi connectivity index (χ1v) is 7.43. The Hall–Kier alpha value is -1.42. The highest BCUT2D eigenvalue weighted by Gasteiger charge is 2.60. The van der Waals surface area contributed by atoms with Crippen molar-refractivity contribution >= 4 is 5.91 Å². The topological polar surface area (TPSA) is 32.3 Å². The molecule has 1 aromatic rings. The number of rotatable bonds is 3. The molecule has 1 aromatic carbocycles. The number of nitrogens with zero attached hydrogens (tertiary/aromatic N) is 1. The summed E-state index contributed by atoms with van der Waals surface area (Å²) in [7, 11) is 0. The van der Waals surface area contributed by atoms with Gasteiger partial charge in [-0.3, -0.25) is 10.1 Å². The molecule has 3 unspecified atom stereocenters. The number of hydrogen-bond donors (Lipinski definition) is 1. The molecule has 1 heterocycles. The van der Waals surface area contributed by atoms with Crippen molar-refractivity contribution in [1.29, 1.82) is 0 Å². The van der Waals surface area contributed by atoms with Gasteiger partial charge in [-0.05, 0) is 48.8 Å². The average Bonchev–Trinajstić information content (AvgIpc) is 3.30. The van der Waals surface area contributed by atoms with Gasteiger partial charge in [0.1, 0.15) is 17.5 Å². The zero-order valence-electron chi connectivity index (χ0n) is 11.6. The maximum atomic E-state index is 13.5. The van der Waals surface area contributed by atoms with Crippen LogP contribution in [0, 0.1) is 17.7 Å². The van der Waals surface area contributed by atoms with E-state index in [-0.39, 0.29) is 23.4 Å². The van der Waals surface area contributed by atoms with Gasteiger partial charge >= 0.3 is 0 Å². The minimum Gasteiger partial charge on any atom is -0.321 e. The number of benzene rings is 1. The van der Waals surface area contributed by atoms with Gasteiger partial charge in [0, 0.05) is 6.54 Å². The summed E-state index contributed by atoms with van der Waals surface area (Å²) < 4.78 is 13.5. The van der Waals surface area contributed by atoms with Crippen molar-refractivity contribution < 1.29 is 9.18 Å². The van der Waals surface area contributed by atoms with E-state index in [9.17, 15) is 9.18 Å². The molecule has 0 bridgehead atoms. The molecule has 20 heavy (non-hydrogen) atoms. The standard InChI is InChI=1S/C16H19FN2O/c1-10-7-12(10)9-19-14(11-3-2-4-13(17)8-11)18-16(5-6-16)15(19)20/h2-4,8,10,12,14,18H,5-7,9H2,1H3. The lowest BCUT2D eigenvalue weighted by Gasteiger charge is -2.24. The molecule has 3 fully saturated rings. The lowest BCUT2D eigenvalue weighted by Crippen LogP contribution is -2.33. The number of hydrogen-bond acceptors (Lipinski definition) is 2. The molecule has 4 heteroatoms. The van der Waals surface area contributed by atoms with Crippen LogP contribution in [0.1, 0.15) is 37.9 Å². The summed E-state index contributed by atoms with van der Waals surface area (Å²) in [5.41, 5.74) is 0.519. The highest BCUT2D eigenvalue weighted by Crippen LogP contribution is 2.48. The van der Waals surface area contributed by atoms with Gasteiger partial charge in [-0.1, -0.05) is 19.1 Å². The molecule has 2 aliphatic carbocycles. The summed E-state index contributed by atoms with van der Waals surface area (Å²) in [6.45, 7) is 3.03. The fourth-order valence-corrected chi connectivity index (χ4v) is 3.31. The van der Waals surface area contributed by atoms with Gasteiger partial charge in [0.25, 0.3) is 0 Å². The van der Waals surface area contributed by atoms with Crippen LogP contribution in [-0.2, 0) is 4.79 Å². The summed E-state index contributed by atoms with van der Waals surface area (Å²) in [6.07, 6.45) is 2.86.